The lowest BCUT2D eigenvalue weighted by molar-refractivity contribution is 0.596. The van der Waals surface area contributed by atoms with Gasteiger partial charge in [-0.1, -0.05) is 0 Å². The summed E-state index contributed by atoms with van der Waals surface area (Å²) >= 11 is 1.40. The Labute approximate surface area is 79.5 Å². The molecule has 0 aliphatic rings. The highest BCUT2D eigenvalue weighted by molar-refractivity contribution is 7.98. The number of aromatic nitrogens is 2. The summed E-state index contributed by atoms with van der Waals surface area (Å²) in [7, 11) is 0. The number of fused-ring (bicyclic) bond motifs is 1. The van der Waals surface area contributed by atoms with Gasteiger partial charge in [0.25, 0.3) is 0 Å². The van der Waals surface area contributed by atoms with Crippen LogP contribution in [0.25, 0.3) is 10.9 Å². The van der Waals surface area contributed by atoms with Crippen LogP contribution in [0.1, 0.15) is 5.56 Å². The zero-order valence-corrected chi connectivity index (χ0v) is 8.20. The lowest BCUT2D eigenvalue weighted by Gasteiger charge is -2.03. The van der Waals surface area contributed by atoms with E-state index < -0.39 is 0 Å². The number of rotatable bonds is 1. The number of nitrogens with one attached hydrogen (secondary N) is 1. The Morgan fingerprint density at radius 2 is 2.31 bits per heavy atom. The number of aryl methyl sites for hydroxylation is 1. The number of hydrogen-bond acceptors (Lipinski definition) is 2. The third kappa shape index (κ3) is 1.21. The number of benzene rings is 1. The third-order valence-corrected chi connectivity index (χ3v) is 2.81. The Morgan fingerprint density at radius 3 is 3.00 bits per heavy atom. The number of thioether (sulfide) groups is 1. The van der Waals surface area contributed by atoms with Gasteiger partial charge in [0.2, 0.25) is 0 Å². The minimum atomic E-state index is -0.149. The molecule has 1 aromatic carbocycles. The maximum Gasteiger partial charge on any atom is 0.141 e. The van der Waals surface area contributed by atoms with Crippen molar-refractivity contribution in [2.24, 2.45) is 0 Å². The molecule has 0 fully saturated rings. The lowest BCUT2D eigenvalue weighted by atomic mass is 10.2. The first-order valence-electron chi connectivity index (χ1n) is 3.90. The van der Waals surface area contributed by atoms with E-state index in [0.29, 0.717) is 10.5 Å². The van der Waals surface area contributed by atoms with Crippen LogP contribution >= 0.6 is 11.8 Å². The Bertz CT molecular complexity index is 450. The largest absolute Gasteiger partial charge is 0.277 e. The first kappa shape index (κ1) is 8.56. The summed E-state index contributed by atoms with van der Waals surface area (Å²) < 4.78 is 13.5. The summed E-state index contributed by atoms with van der Waals surface area (Å²) in [6.07, 6.45) is 3.57. The number of H-pyrrole nitrogens is 1. The Balaban J connectivity index is 2.87. The Hall–Kier alpha value is -1.03. The summed E-state index contributed by atoms with van der Waals surface area (Å²) in [6, 6.07) is 1.80. The molecule has 2 nitrogen and oxygen atoms in total. The minimum absolute atomic E-state index is 0.149. The average Bonchev–Trinajstić information content (AvgIpc) is 2.54. The quantitative estimate of drug-likeness (QED) is 0.710. The van der Waals surface area contributed by atoms with Gasteiger partial charge in [-0.25, -0.2) is 4.39 Å². The van der Waals surface area contributed by atoms with Gasteiger partial charge in [-0.15, -0.1) is 11.8 Å². The van der Waals surface area contributed by atoms with E-state index in [1.807, 2.05) is 6.26 Å². The van der Waals surface area contributed by atoms with E-state index in [1.54, 1.807) is 19.2 Å². The van der Waals surface area contributed by atoms with Gasteiger partial charge in [-0.3, -0.25) is 5.10 Å². The van der Waals surface area contributed by atoms with Gasteiger partial charge < -0.3 is 0 Å². The highest BCUT2D eigenvalue weighted by atomic mass is 32.2. The number of halogens is 1. The second-order valence-electron chi connectivity index (χ2n) is 2.87. The highest BCUT2D eigenvalue weighted by Gasteiger charge is 2.10. The van der Waals surface area contributed by atoms with E-state index in [0.717, 1.165) is 10.9 Å². The SMILES string of the molecule is CSc1c(F)c(C)cc2cn[nH]c12. The van der Waals surface area contributed by atoms with Crippen molar-refractivity contribution in [3.05, 3.63) is 23.6 Å². The maximum atomic E-state index is 13.5. The van der Waals surface area contributed by atoms with E-state index in [-0.39, 0.29) is 5.82 Å². The van der Waals surface area contributed by atoms with Crippen LogP contribution in [0.5, 0.6) is 0 Å². The van der Waals surface area contributed by atoms with Gasteiger partial charge in [0.1, 0.15) is 5.82 Å². The fourth-order valence-electron chi connectivity index (χ4n) is 1.36. The third-order valence-electron chi connectivity index (χ3n) is 2.02. The molecule has 1 heterocycles. The topological polar surface area (TPSA) is 28.7 Å². The molecular formula is C9H9FN2S. The highest BCUT2D eigenvalue weighted by Crippen LogP contribution is 2.29. The molecule has 0 saturated heterocycles. The van der Waals surface area contributed by atoms with E-state index in [4.69, 9.17) is 0 Å². The Morgan fingerprint density at radius 1 is 1.54 bits per heavy atom. The van der Waals surface area contributed by atoms with E-state index in [9.17, 15) is 4.39 Å². The molecule has 4 heteroatoms. The first-order valence-corrected chi connectivity index (χ1v) is 5.12. The summed E-state index contributed by atoms with van der Waals surface area (Å²) in [5.41, 5.74) is 1.45. The maximum absolute atomic E-state index is 13.5. The predicted molar refractivity (Wildman–Crippen MR) is 52.6 cm³/mol. The minimum Gasteiger partial charge on any atom is -0.277 e. The number of hydrogen-bond donors (Lipinski definition) is 1. The predicted octanol–water partition coefficient (Wildman–Crippen LogP) is 2.73. The monoisotopic (exact) mass is 196 g/mol. The van der Waals surface area contributed by atoms with Crippen molar-refractivity contribution in [2.75, 3.05) is 6.26 Å². The Kier molecular flexibility index (Phi) is 2.00. The molecule has 0 unspecified atom stereocenters. The zero-order valence-electron chi connectivity index (χ0n) is 7.39. The standard InChI is InChI=1S/C9H9FN2S/c1-5-3-6-4-11-12-8(6)9(13-2)7(5)10/h3-4H,1-2H3,(H,11,12). The molecule has 0 aliphatic carbocycles. The number of nitrogens with zero attached hydrogens (tertiary/aromatic N) is 1. The van der Waals surface area contributed by atoms with Crippen LogP contribution in [-0.4, -0.2) is 16.5 Å². The molecule has 1 aromatic heterocycles. The summed E-state index contributed by atoms with van der Waals surface area (Å²) in [4.78, 5) is 0.646. The van der Waals surface area contributed by atoms with E-state index >= 15 is 0 Å². The van der Waals surface area contributed by atoms with Gasteiger partial charge in [-0.2, -0.15) is 5.10 Å². The van der Waals surface area contributed by atoms with E-state index in [2.05, 4.69) is 10.2 Å². The summed E-state index contributed by atoms with van der Waals surface area (Å²) in [5.74, 6) is -0.149. The molecular weight excluding hydrogens is 187 g/mol. The molecule has 0 aliphatic heterocycles. The second kappa shape index (κ2) is 3.03. The average molecular weight is 196 g/mol. The molecule has 0 spiro atoms. The van der Waals surface area contributed by atoms with Crippen LogP contribution in [0.2, 0.25) is 0 Å². The summed E-state index contributed by atoms with van der Waals surface area (Å²) in [5, 5.41) is 7.64. The molecule has 0 saturated carbocycles. The molecule has 68 valence electrons. The molecule has 0 radical (unpaired) electrons. The summed E-state index contributed by atoms with van der Waals surface area (Å²) in [6.45, 7) is 1.77. The van der Waals surface area contributed by atoms with Crippen molar-refractivity contribution in [3.8, 4) is 0 Å². The molecule has 0 bridgehead atoms. The molecule has 1 N–H and O–H groups in total. The van der Waals surface area contributed by atoms with Crippen LogP contribution in [0.3, 0.4) is 0 Å². The number of aromatic amines is 1. The van der Waals surface area contributed by atoms with Crippen molar-refractivity contribution < 1.29 is 4.39 Å². The lowest BCUT2D eigenvalue weighted by Crippen LogP contribution is -1.87. The van der Waals surface area contributed by atoms with Crippen molar-refractivity contribution in [3.63, 3.8) is 0 Å². The van der Waals surface area contributed by atoms with Gasteiger partial charge in [-0.05, 0) is 24.8 Å². The van der Waals surface area contributed by atoms with Crippen molar-refractivity contribution >= 4 is 22.7 Å². The van der Waals surface area contributed by atoms with Gasteiger partial charge >= 0.3 is 0 Å². The molecule has 13 heavy (non-hydrogen) atoms. The van der Waals surface area contributed by atoms with E-state index in [1.165, 1.54) is 11.8 Å². The van der Waals surface area contributed by atoms with Gasteiger partial charge in [0, 0.05) is 5.39 Å². The van der Waals surface area contributed by atoms with Crippen molar-refractivity contribution in [2.45, 2.75) is 11.8 Å². The molecule has 0 atom stereocenters. The van der Waals surface area contributed by atoms with Gasteiger partial charge in [0.15, 0.2) is 0 Å². The zero-order chi connectivity index (χ0) is 9.42. The van der Waals surface area contributed by atoms with Gasteiger partial charge in [0.05, 0.1) is 16.6 Å². The van der Waals surface area contributed by atoms with Crippen LogP contribution < -0.4 is 0 Å². The van der Waals surface area contributed by atoms with Crippen molar-refractivity contribution in [1.29, 1.82) is 0 Å². The molecule has 0 amide bonds. The molecule has 2 rings (SSSR count). The van der Waals surface area contributed by atoms with Crippen LogP contribution in [0, 0.1) is 12.7 Å². The second-order valence-corrected chi connectivity index (χ2v) is 3.69. The normalized spacial score (nSPS) is 11.0. The van der Waals surface area contributed by atoms with Crippen LogP contribution in [0.15, 0.2) is 17.2 Å². The van der Waals surface area contributed by atoms with Crippen LogP contribution in [0.4, 0.5) is 4.39 Å². The fraction of sp³-hybridized carbons (Fsp3) is 0.222. The first-order chi connectivity index (χ1) is 6.24. The molecule has 2 aromatic rings. The fourth-order valence-corrected chi connectivity index (χ4v) is 2.07. The smallest absolute Gasteiger partial charge is 0.141 e. The van der Waals surface area contributed by atoms with Crippen LogP contribution in [-0.2, 0) is 0 Å². The van der Waals surface area contributed by atoms with Crippen molar-refractivity contribution in [1.82, 2.24) is 10.2 Å².